The molecule has 202 valence electrons. The van der Waals surface area contributed by atoms with Crippen molar-refractivity contribution in [3.05, 3.63) is 89.5 Å². The zero-order valence-electron chi connectivity index (χ0n) is 22.0. The summed E-state index contributed by atoms with van der Waals surface area (Å²) >= 11 is 0. The zero-order valence-corrected chi connectivity index (χ0v) is 22.0. The largest absolute Gasteiger partial charge is 0.448 e. The fraction of sp³-hybridized carbons (Fsp3) is 0.406. The number of carbonyl (C=O) groups excluding carboxylic acids is 1. The lowest BCUT2D eigenvalue weighted by Crippen LogP contribution is -2.62. The molecule has 0 radical (unpaired) electrons. The summed E-state index contributed by atoms with van der Waals surface area (Å²) in [5.41, 5.74) is 5.84. The summed E-state index contributed by atoms with van der Waals surface area (Å²) in [5.74, 6) is 0.0177. The second-order valence-electron chi connectivity index (χ2n) is 11.1. The molecule has 3 aliphatic heterocycles. The number of hydrogen-bond donors (Lipinski definition) is 1. The topological polar surface area (TPSA) is 71.5 Å². The molecule has 39 heavy (non-hydrogen) atoms. The van der Waals surface area contributed by atoms with Crippen molar-refractivity contribution in [3.63, 3.8) is 0 Å². The molecule has 3 saturated heterocycles. The van der Waals surface area contributed by atoms with Crippen molar-refractivity contribution in [2.24, 2.45) is 0 Å². The fourth-order valence-electron chi connectivity index (χ4n) is 6.98. The molecule has 3 fully saturated rings. The van der Waals surface area contributed by atoms with E-state index in [1.54, 1.807) is 0 Å². The van der Waals surface area contributed by atoms with Gasteiger partial charge < -0.3 is 24.2 Å². The van der Waals surface area contributed by atoms with E-state index in [9.17, 15) is 9.90 Å². The molecule has 7 nitrogen and oxygen atoms in total. The number of hydrogen-bond acceptors (Lipinski definition) is 6. The monoisotopic (exact) mass is 526 g/mol. The Balaban J connectivity index is 1.06. The Bertz CT molecular complexity index is 1290. The van der Waals surface area contributed by atoms with Crippen LogP contribution >= 0.6 is 0 Å². The predicted octanol–water partition coefficient (Wildman–Crippen LogP) is 4.52. The van der Waals surface area contributed by atoms with Gasteiger partial charge >= 0.3 is 6.09 Å². The third-order valence-corrected chi connectivity index (χ3v) is 8.88. The summed E-state index contributed by atoms with van der Waals surface area (Å²) in [6, 6.07) is 24.5. The van der Waals surface area contributed by atoms with E-state index in [1.807, 2.05) is 29.2 Å². The summed E-state index contributed by atoms with van der Waals surface area (Å²) in [7, 11) is 0. The van der Waals surface area contributed by atoms with Gasteiger partial charge in [0.2, 0.25) is 0 Å². The summed E-state index contributed by atoms with van der Waals surface area (Å²) in [6.45, 7) is 4.31. The lowest BCUT2D eigenvalue weighted by atomic mass is 9.77. The van der Waals surface area contributed by atoms with Crippen molar-refractivity contribution < 1.29 is 24.1 Å². The molecule has 1 N–H and O–H groups in total. The number of morpholine rings is 2. The van der Waals surface area contributed by atoms with Crippen LogP contribution in [-0.4, -0.2) is 74.3 Å². The summed E-state index contributed by atoms with van der Waals surface area (Å²) in [4.78, 5) is 17.6. The van der Waals surface area contributed by atoms with Crippen molar-refractivity contribution in [3.8, 4) is 11.1 Å². The molecule has 2 atom stereocenters. The molecule has 3 heterocycles. The number of rotatable bonds is 4. The van der Waals surface area contributed by atoms with E-state index in [-0.39, 0.29) is 30.7 Å². The SMILES string of the molecule is O=C(OCC1c2ccccc2-c2ccccc21)N1C2COCC1CC(O)(c1ccc(N3CCOCC3)cc1)C2. The highest BCUT2D eigenvalue weighted by atomic mass is 16.6. The van der Waals surface area contributed by atoms with Crippen molar-refractivity contribution in [2.75, 3.05) is 51.0 Å². The maximum atomic E-state index is 13.5. The summed E-state index contributed by atoms with van der Waals surface area (Å²) in [5, 5.41) is 11.8. The van der Waals surface area contributed by atoms with Gasteiger partial charge in [-0.15, -0.1) is 0 Å². The maximum Gasteiger partial charge on any atom is 0.410 e. The van der Waals surface area contributed by atoms with E-state index in [0.717, 1.165) is 37.6 Å². The smallest absolute Gasteiger partial charge is 0.410 e. The lowest BCUT2D eigenvalue weighted by molar-refractivity contribution is -0.136. The van der Waals surface area contributed by atoms with Gasteiger partial charge in [0, 0.05) is 37.5 Å². The minimum absolute atomic E-state index is 0.0177. The van der Waals surface area contributed by atoms with Crippen LogP contribution in [0.5, 0.6) is 0 Å². The van der Waals surface area contributed by atoms with E-state index in [2.05, 4.69) is 53.4 Å². The Hall–Kier alpha value is -3.39. The highest BCUT2D eigenvalue weighted by Gasteiger charge is 2.49. The van der Waals surface area contributed by atoms with Gasteiger partial charge in [0.15, 0.2) is 0 Å². The first-order chi connectivity index (χ1) is 19.1. The number of fused-ring (bicyclic) bond motifs is 5. The average Bonchev–Trinajstić information content (AvgIpc) is 3.29. The van der Waals surface area contributed by atoms with E-state index in [0.29, 0.717) is 26.1 Å². The normalized spacial score (nSPS) is 26.2. The average molecular weight is 527 g/mol. The third-order valence-electron chi connectivity index (χ3n) is 8.88. The van der Waals surface area contributed by atoms with Gasteiger partial charge in [0.1, 0.15) is 6.61 Å². The molecule has 0 saturated carbocycles. The first-order valence-electron chi connectivity index (χ1n) is 14.0. The van der Waals surface area contributed by atoms with Gasteiger partial charge in [0.25, 0.3) is 0 Å². The quantitative estimate of drug-likeness (QED) is 0.539. The van der Waals surface area contributed by atoms with Crippen LogP contribution in [0.3, 0.4) is 0 Å². The third kappa shape index (κ3) is 4.39. The van der Waals surface area contributed by atoms with Crippen LogP contribution in [0.1, 0.15) is 35.4 Å². The number of amides is 1. The Labute approximate surface area is 228 Å². The molecular weight excluding hydrogens is 492 g/mol. The summed E-state index contributed by atoms with van der Waals surface area (Å²) in [6.07, 6.45) is 0.523. The predicted molar refractivity (Wildman–Crippen MR) is 148 cm³/mol. The highest BCUT2D eigenvalue weighted by Crippen LogP contribution is 2.45. The van der Waals surface area contributed by atoms with Crippen LogP contribution in [-0.2, 0) is 19.8 Å². The molecule has 3 aromatic carbocycles. The first kappa shape index (κ1) is 24.6. The molecule has 2 bridgehead atoms. The molecule has 0 spiro atoms. The molecule has 7 heteroatoms. The molecule has 7 rings (SSSR count). The van der Waals surface area contributed by atoms with E-state index in [4.69, 9.17) is 14.2 Å². The van der Waals surface area contributed by atoms with Crippen LogP contribution in [0.2, 0.25) is 0 Å². The van der Waals surface area contributed by atoms with E-state index >= 15 is 0 Å². The number of ether oxygens (including phenoxy) is 3. The van der Waals surface area contributed by atoms with Crippen LogP contribution in [0, 0.1) is 0 Å². The van der Waals surface area contributed by atoms with Crippen molar-refractivity contribution >= 4 is 11.8 Å². The maximum absolute atomic E-state index is 13.5. The van der Waals surface area contributed by atoms with Gasteiger partial charge in [-0.2, -0.15) is 0 Å². The standard InChI is InChI=1S/C32H34N2O5/c35-31(39-21-30-28-7-3-1-5-26(28)27-6-2-4-8-29(27)30)34-24-17-32(36,18-25(34)20-38-19-24)22-9-11-23(12-10-22)33-13-15-37-16-14-33/h1-12,24-25,30,36H,13-21H2. The second-order valence-corrected chi connectivity index (χ2v) is 11.1. The first-order valence-corrected chi connectivity index (χ1v) is 14.0. The van der Waals surface area contributed by atoms with Crippen molar-refractivity contribution in [2.45, 2.75) is 36.4 Å². The Kier molecular flexibility index (Phi) is 6.30. The van der Waals surface area contributed by atoms with E-state index < -0.39 is 5.60 Å². The molecule has 0 aromatic heterocycles. The Morgan fingerprint density at radius 1 is 0.846 bits per heavy atom. The van der Waals surface area contributed by atoms with E-state index in [1.165, 1.54) is 22.3 Å². The van der Waals surface area contributed by atoms with Crippen LogP contribution < -0.4 is 4.90 Å². The minimum Gasteiger partial charge on any atom is -0.448 e. The molecule has 4 aliphatic rings. The molecule has 1 aliphatic carbocycles. The molecule has 1 amide bonds. The molecule has 3 aromatic rings. The number of anilines is 1. The number of aliphatic hydroxyl groups is 1. The summed E-state index contributed by atoms with van der Waals surface area (Å²) < 4.78 is 17.3. The van der Waals surface area contributed by atoms with Gasteiger partial charge in [-0.1, -0.05) is 60.7 Å². The molecular formula is C32H34N2O5. The van der Waals surface area contributed by atoms with Gasteiger partial charge in [-0.05, 0) is 39.9 Å². The Morgan fingerprint density at radius 3 is 2.05 bits per heavy atom. The van der Waals surface area contributed by atoms with Crippen LogP contribution in [0.15, 0.2) is 72.8 Å². The van der Waals surface area contributed by atoms with Crippen molar-refractivity contribution in [1.82, 2.24) is 4.90 Å². The number of piperidine rings is 1. The van der Waals surface area contributed by atoms with Crippen LogP contribution in [0.25, 0.3) is 11.1 Å². The number of nitrogens with zero attached hydrogens (tertiary/aromatic N) is 2. The molecule has 2 unspecified atom stereocenters. The van der Waals surface area contributed by atoms with Crippen LogP contribution in [0.4, 0.5) is 10.5 Å². The van der Waals surface area contributed by atoms with Gasteiger partial charge in [-0.3, -0.25) is 4.90 Å². The fourth-order valence-corrected chi connectivity index (χ4v) is 6.98. The zero-order chi connectivity index (χ0) is 26.4. The second kappa shape index (κ2) is 9.97. The Morgan fingerprint density at radius 2 is 1.44 bits per heavy atom. The van der Waals surface area contributed by atoms with Gasteiger partial charge in [0.05, 0.1) is 44.1 Å². The number of carbonyl (C=O) groups is 1. The number of benzene rings is 3. The highest BCUT2D eigenvalue weighted by molar-refractivity contribution is 5.79. The lowest BCUT2D eigenvalue weighted by Gasteiger charge is -2.51. The van der Waals surface area contributed by atoms with Crippen molar-refractivity contribution in [1.29, 1.82) is 0 Å². The van der Waals surface area contributed by atoms with Gasteiger partial charge in [-0.25, -0.2) is 4.79 Å². The minimum atomic E-state index is -1.01.